The molecule has 0 bridgehead atoms. The summed E-state index contributed by atoms with van der Waals surface area (Å²) in [5.74, 6) is -0.844. The molecule has 8 heteroatoms. The second-order valence-electron chi connectivity index (χ2n) is 4.31. The van der Waals surface area contributed by atoms with Crippen LogP contribution in [0.15, 0.2) is 30.5 Å². The summed E-state index contributed by atoms with van der Waals surface area (Å²) in [5, 5.41) is 6.26. The molecule has 21 heavy (non-hydrogen) atoms. The van der Waals surface area contributed by atoms with Gasteiger partial charge in [-0.25, -0.2) is 0 Å². The maximum absolute atomic E-state index is 12.8. The standard InChI is InChI=1S/C13H11BrF3N3O/c1-20-7-9(11(19-20)13(15,16)17)12(21)18-10-5-3-2-4-8(10)6-14/h2-5,7H,6H2,1H3,(H,18,21). The third-order valence-corrected chi connectivity index (χ3v) is 3.36. The van der Waals surface area contributed by atoms with Gasteiger partial charge in [0.05, 0.1) is 5.56 Å². The Kier molecular flexibility index (Phi) is 4.36. The lowest BCUT2D eigenvalue weighted by molar-refractivity contribution is -0.141. The maximum Gasteiger partial charge on any atom is 0.435 e. The summed E-state index contributed by atoms with van der Waals surface area (Å²) in [6.07, 6.45) is -3.63. The molecule has 0 spiro atoms. The number of hydrogen-bond acceptors (Lipinski definition) is 2. The minimum absolute atomic E-state index is 0.455. The van der Waals surface area contributed by atoms with Crippen molar-refractivity contribution in [3.63, 3.8) is 0 Å². The Balaban J connectivity index is 2.33. The predicted molar refractivity (Wildman–Crippen MR) is 75.2 cm³/mol. The molecule has 2 rings (SSSR count). The van der Waals surface area contributed by atoms with Crippen LogP contribution in [0.4, 0.5) is 18.9 Å². The molecule has 0 aliphatic rings. The SMILES string of the molecule is Cn1cc(C(=O)Nc2ccccc2CBr)c(C(F)(F)F)n1. The lowest BCUT2D eigenvalue weighted by atomic mass is 10.1. The first-order valence-electron chi connectivity index (χ1n) is 5.89. The van der Waals surface area contributed by atoms with Gasteiger partial charge in [0.25, 0.3) is 5.91 Å². The van der Waals surface area contributed by atoms with E-state index in [1.54, 1.807) is 24.3 Å². The van der Waals surface area contributed by atoms with Gasteiger partial charge >= 0.3 is 6.18 Å². The second-order valence-corrected chi connectivity index (χ2v) is 4.87. The summed E-state index contributed by atoms with van der Waals surface area (Å²) >= 11 is 3.26. The molecule has 0 aliphatic carbocycles. The molecule has 1 heterocycles. The Labute approximate surface area is 127 Å². The zero-order valence-corrected chi connectivity index (χ0v) is 12.5. The van der Waals surface area contributed by atoms with Crippen molar-refractivity contribution in [2.45, 2.75) is 11.5 Å². The average molecular weight is 362 g/mol. The number of amides is 1. The van der Waals surface area contributed by atoms with Crippen molar-refractivity contribution in [2.75, 3.05) is 5.32 Å². The van der Waals surface area contributed by atoms with E-state index in [1.807, 2.05) is 0 Å². The van der Waals surface area contributed by atoms with Gasteiger partial charge in [0, 0.05) is 24.3 Å². The van der Waals surface area contributed by atoms with Crippen molar-refractivity contribution in [1.82, 2.24) is 9.78 Å². The summed E-state index contributed by atoms with van der Waals surface area (Å²) in [6, 6.07) is 6.85. The number of benzene rings is 1. The summed E-state index contributed by atoms with van der Waals surface area (Å²) in [6.45, 7) is 0. The van der Waals surface area contributed by atoms with Crippen molar-refractivity contribution < 1.29 is 18.0 Å². The van der Waals surface area contributed by atoms with Crippen LogP contribution in [-0.2, 0) is 18.6 Å². The van der Waals surface area contributed by atoms with Gasteiger partial charge in [0.2, 0.25) is 0 Å². The van der Waals surface area contributed by atoms with Crippen LogP contribution < -0.4 is 5.32 Å². The van der Waals surface area contributed by atoms with Crippen molar-refractivity contribution in [2.24, 2.45) is 7.05 Å². The van der Waals surface area contributed by atoms with Crippen molar-refractivity contribution >= 4 is 27.5 Å². The van der Waals surface area contributed by atoms with Gasteiger partial charge < -0.3 is 5.32 Å². The normalized spacial score (nSPS) is 11.5. The van der Waals surface area contributed by atoms with Crippen LogP contribution in [0.25, 0.3) is 0 Å². The third-order valence-electron chi connectivity index (χ3n) is 2.75. The molecule has 0 unspecified atom stereocenters. The molecular weight excluding hydrogens is 351 g/mol. The quantitative estimate of drug-likeness (QED) is 0.849. The minimum Gasteiger partial charge on any atom is -0.322 e. The molecule has 4 nitrogen and oxygen atoms in total. The van der Waals surface area contributed by atoms with Crippen molar-refractivity contribution in [1.29, 1.82) is 0 Å². The number of alkyl halides is 4. The molecule has 0 atom stereocenters. The van der Waals surface area contributed by atoms with Gasteiger partial charge in [-0.2, -0.15) is 18.3 Å². The Morgan fingerprint density at radius 2 is 2.05 bits per heavy atom. The smallest absolute Gasteiger partial charge is 0.322 e. The molecule has 0 radical (unpaired) electrons. The van der Waals surface area contributed by atoms with Gasteiger partial charge in [-0.1, -0.05) is 34.1 Å². The van der Waals surface area contributed by atoms with E-state index in [2.05, 4.69) is 26.3 Å². The van der Waals surface area contributed by atoms with E-state index >= 15 is 0 Å². The number of anilines is 1. The van der Waals surface area contributed by atoms with Crippen molar-refractivity contribution in [3.05, 3.63) is 47.3 Å². The number of hydrogen-bond donors (Lipinski definition) is 1. The molecule has 0 fully saturated rings. The molecule has 1 amide bonds. The zero-order chi connectivity index (χ0) is 15.6. The predicted octanol–water partition coefficient (Wildman–Crippen LogP) is 3.59. The van der Waals surface area contributed by atoms with E-state index in [9.17, 15) is 18.0 Å². The van der Waals surface area contributed by atoms with Gasteiger partial charge in [-0.15, -0.1) is 0 Å². The molecule has 112 valence electrons. The molecule has 0 aliphatic heterocycles. The monoisotopic (exact) mass is 361 g/mol. The largest absolute Gasteiger partial charge is 0.435 e. The molecule has 0 saturated heterocycles. The topological polar surface area (TPSA) is 46.9 Å². The highest BCUT2D eigenvalue weighted by molar-refractivity contribution is 9.08. The first-order valence-corrected chi connectivity index (χ1v) is 7.01. The highest BCUT2D eigenvalue weighted by Crippen LogP contribution is 2.31. The van der Waals surface area contributed by atoms with Crippen LogP contribution in [-0.4, -0.2) is 15.7 Å². The number of halogens is 4. The fourth-order valence-corrected chi connectivity index (χ4v) is 2.30. The number of rotatable bonds is 3. The molecule has 1 aromatic heterocycles. The van der Waals surface area contributed by atoms with Crippen LogP contribution in [0.5, 0.6) is 0 Å². The Hall–Kier alpha value is -1.83. The fraction of sp³-hybridized carbons (Fsp3) is 0.231. The summed E-state index contributed by atoms with van der Waals surface area (Å²) < 4.78 is 39.5. The van der Waals surface area contributed by atoms with Crippen LogP contribution in [0.1, 0.15) is 21.6 Å². The number of aromatic nitrogens is 2. The zero-order valence-electron chi connectivity index (χ0n) is 10.9. The Morgan fingerprint density at radius 3 is 2.67 bits per heavy atom. The lowest BCUT2D eigenvalue weighted by Crippen LogP contribution is -2.18. The maximum atomic E-state index is 12.8. The number of nitrogens with one attached hydrogen (secondary N) is 1. The molecule has 2 aromatic rings. The number of carbonyl (C=O) groups excluding carboxylic acids is 1. The van der Waals surface area contributed by atoms with Gasteiger partial charge in [0.1, 0.15) is 0 Å². The second kappa shape index (κ2) is 5.88. The van der Waals surface area contributed by atoms with E-state index < -0.39 is 23.3 Å². The Morgan fingerprint density at radius 1 is 1.38 bits per heavy atom. The molecule has 0 saturated carbocycles. The van der Waals surface area contributed by atoms with Gasteiger partial charge in [-0.05, 0) is 11.6 Å². The Bertz CT molecular complexity index is 667. The van der Waals surface area contributed by atoms with Crippen LogP contribution >= 0.6 is 15.9 Å². The van der Waals surface area contributed by atoms with E-state index in [0.29, 0.717) is 11.0 Å². The van der Waals surface area contributed by atoms with Gasteiger partial charge in [0.15, 0.2) is 5.69 Å². The average Bonchev–Trinajstić information content (AvgIpc) is 2.81. The van der Waals surface area contributed by atoms with Crippen molar-refractivity contribution in [3.8, 4) is 0 Å². The van der Waals surface area contributed by atoms with E-state index in [1.165, 1.54) is 7.05 Å². The number of nitrogens with zero attached hydrogens (tertiary/aromatic N) is 2. The van der Waals surface area contributed by atoms with E-state index in [0.717, 1.165) is 16.4 Å². The summed E-state index contributed by atoms with van der Waals surface area (Å²) in [5.41, 5.74) is -0.479. The summed E-state index contributed by atoms with van der Waals surface area (Å²) in [4.78, 5) is 12.1. The molecule has 1 aromatic carbocycles. The number of aryl methyl sites for hydroxylation is 1. The van der Waals surface area contributed by atoms with Crippen LogP contribution in [0, 0.1) is 0 Å². The number of para-hydroxylation sites is 1. The van der Waals surface area contributed by atoms with Crippen LogP contribution in [0.2, 0.25) is 0 Å². The first-order chi connectivity index (χ1) is 9.82. The highest BCUT2D eigenvalue weighted by atomic mass is 79.9. The van der Waals surface area contributed by atoms with Crippen LogP contribution in [0.3, 0.4) is 0 Å². The highest BCUT2D eigenvalue weighted by Gasteiger charge is 2.39. The lowest BCUT2D eigenvalue weighted by Gasteiger charge is -2.10. The molecule has 1 N–H and O–H groups in total. The summed E-state index contributed by atoms with van der Waals surface area (Å²) in [7, 11) is 1.33. The number of carbonyl (C=O) groups is 1. The molecular formula is C13H11BrF3N3O. The fourth-order valence-electron chi connectivity index (χ4n) is 1.81. The first kappa shape index (κ1) is 15.6. The third kappa shape index (κ3) is 3.44. The van der Waals surface area contributed by atoms with E-state index in [4.69, 9.17) is 0 Å². The minimum atomic E-state index is -4.68. The van der Waals surface area contributed by atoms with Gasteiger partial charge in [-0.3, -0.25) is 9.48 Å². The van der Waals surface area contributed by atoms with E-state index in [-0.39, 0.29) is 0 Å².